The Balaban J connectivity index is 1.84. The van der Waals surface area contributed by atoms with Crippen molar-refractivity contribution in [1.29, 1.82) is 0 Å². The fourth-order valence-electron chi connectivity index (χ4n) is 2.54. The SMILES string of the molecule is Brc1nnc(C2C3CCCC32)o1. The van der Waals surface area contributed by atoms with E-state index in [9.17, 15) is 0 Å². The first-order valence-electron chi connectivity index (χ1n) is 4.35. The van der Waals surface area contributed by atoms with Gasteiger partial charge in [0.15, 0.2) is 0 Å². The average Bonchev–Trinajstić information content (AvgIpc) is 2.55. The molecule has 1 heterocycles. The Labute approximate surface area is 78.7 Å². The Morgan fingerprint density at radius 2 is 2.00 bits per heavy atom. The normalized spacial score (nSPS) is 38.2. The van der Waals surface area contributed by atoms with E-state index in [-0.39, 0.29) is 0 Å². The van der Waals surface area contributed by atoms with Crippen molar-refractivity contribution in [2.45, 2.75) is 25.2 Å². The average molecular weight is 229 g/mol. The number of nitrogens with zero attached hydrogens (tertiary/aromatic N) is 2. The van der Waals surface area contributed by atoms with Gasteiger partial charge in [-0.1, -0.05) is 6.42 Å². The second-order valence-electron chi connectivity index (χ2n) is 3.68. The van der Waals surface area contributed by atoms with E-state index in [0.717, 1.165) is 17.7 Å². The van der Waals surface area contributed by atoms with Crippen LogP contribution < -0.4 is 0 Å². The Morgan fingerprint density at radius 3 is 2.58 bits per heavy atom. The summed E-state index contributed by atoms with van der Waals surface area (Å²) in [5, 5.41) is 7.80. The van der Waals surface area contributed by atoms with Crippen LogP contribution in [0.1, 0.15) is 31.1 Å². The zero-order valence-corrected chi connectivity index (χ0v) is 8.12. The van der Waals surface area contributed by atoms with Crippen LogP contribution in [-0.2, 0) is 0 Å². The van der Waals surface area contributed by atoms with Gasteiger partial charge in [-0.3, -0.25) is 0 Å². The first kappa shape index (κ1) is 7.06. The van der Waals surface area contributed by atoms with Crippen LogP contribution in [0.25, 0.3) is 0 Å². The summed E-state index contributed by atoms with van der Waals surface area (Å²) >= 11 is 3.17. The van der Waals surface area contributed by atoms with Gasteiger partial charge in [0, 0.05) is 21.8 Å². The van der Waals surface area contributed by atoms with E-state index in [2.05, 4.69) is 26.1 Å². The van der Waals surface area contributed by atoms with Gasteiger partial charge in [0.05, 0.1) is 0 Å². The molecule has 0 N–H and O–H groups in total. The summed E-state index contributed by atoms with van der Waals surface area (Å²) in [5.41, 5.74) is 0. The summed E-state index contributed by atoms with van der Waals surface area (Å²) in [6, 6.07) is 0. The van der Waals surface area contributed by atoms with Crippen LogP contribution in [0, 0.1) is 11.8 Å². The Kier molecular flexibility index (Phi) is 1.36. The number of halogens is 1. The van der Waals surface area contributed by atoms with Gasteiger partial charge in [-0.05, 0) is 24.7 Å². The molecule has 2 atom stereocenters. The maximum absolute atomic E-state index is 5.34. The largest absolute Gasteiger partial charge is 0.415 e. The van der Waals surface area contributed by atoms with E-state index in [1.807, 2.05) is 0 Å². The van der Waals surface area contributed by atoms with E-state index >= 15 is 0 Å². The highest BCUT2D eigenvalue weighted by molar-refractivity contribution is 9.10. The molecule has 0 aromatic carbocycles. The zero-order chi connectivity index (χ0) is 8.13. The van der Waals surface area contributed by atoms with Crippen molar-refractivity contribution in [3.8, 4) is 0 Å². The van der Waals surface area contributed by atoms with Gasteiger partial charge in [0.25, 0.3) is 4.80 Å². The maximum atomic E-state index is 5.34. The number of hydrogen-bond donors (Lipinski definition) is 0. The minimum absolute atomic E-state index is 0.516. The van der Waals surface area contributed by atoms with Crippen LogP contribution >= 0.6 is 15.9 Å². The highest BCUT2D eigenvalue weighted by Crippen LogP contribution is 2.62. The molecule has 64 valence electrons. The number of hydrogen-bond acceptors (Lipinski definition) is 3. The van der Waals surface area contributed by atoms with Gasteiger partial charge >= 0.3 is 0 Å². The lowest BCUT2D eigenvalue weighted by atomic mass is 10.1. The fraction of sp³-hybridized carbons (Fsp3) is 0.750. The summed E-state index contributed by atoms with van der Waals surface area (Å²) in [6.45, 7) is 0. The molecule has 0 aliphatic heterocycles. The minimum Gasteiger partial charge on any atom is -0.415 e. The first-order valence-corrected chi connectivity index (χ1v) is 5.14. The van der Waals surface area contributed by atoms with Crippen LogP contribution in [-0.4, -0.2) is 10.2 Å². The number of rotatable bonds is 1. The van der Waals surface area contributed by atoms with Crippen molar-refractivity contribution >= 4 is 15.9 Å². The zero-order valence-electron chi connectivity index (χ0n) is 6.53. The molecule has 3 nitrogen and oxygen atoms in total. The molecule has 4 heteroatoms. The molecule has 1 aromatic heterocycles. The molecule has 1 aromatic rings. The summed E-state index contributed by atoms with van der Waals surface area (Å²) in [7, 11) is 0. The van der Waals surface area contributed by atoms with Crippen LogP contribution in [0.3, 0.4) is 0 Å². The standard InChI is InChI=1S/C8H9BrN2O/c9-8-11-10-7(12-8)6-4-2-1-3-5(4)6/h4-6H,1-3H2. The predicted molar refractivity (Wildman–Crippen MR) is 45.6 cm³/mol. The summed E-state index contributed by atoms with van der Waals surface area (Å²) in [4.78, 5) is 0.516. The molecule has 0 saturated heterocycles. The lowest BCUT2D eigenvalue weighted by Gasteiger charge is -1.94. The molecular weight excluding hydrogens is 220 g/mol. The van der Waals surface area contributed by atoms with Crippen molar-refractivity contribution in [2.75, 3.05) is 0 Å². The summed E-state index contributed by atoms with van der Waals surface area (Å²) in [6.07, 6.45) is 4.10. The number of fused-ring (bicyclic) bond motifs is 1. The van der Waals surface area contributed by atoms with Gasteiger partial charge in [0.2, 0.25) is 5.89 Å². The van der Waals surface area contributed by atoms with Crippen molar-refractivity contribution in [3.63, 3.8) is 0 Å². The van der Waals surface area contributed by atoms with Crippen LogP contribution in [0.5, 0.6) is 0 Å². The third-order valence-electron chi connectivity index (χ3n) is 3.11. The molecule has 0 radical (unpaired) electrons. The monoisotopic (exact) mass is 228 g/mol. The molecule has 2 aliphatic carbocycles. The molecule has 0 amide bonds. The van der Waals surface area contributed by atoms with E-state index in [4.69, 9.17) is 4.42 Å². The molecule has 0 bridgehead atoms. The third-order valence-corrected chi connectivity index (χ3v) is 3.43. The molecule has 2 saturated carbocycles. The Bertz CT molecular complexity index is 302. The third kappa shape index (κ3) is 0.873. The summed E-state index contributed by atoms with van der Waals surface area (Å²) in [5.74, 6) is 3.16. The van der Waals surface area contributed by atoms with Crippen molar-refractivity contribution in [3.05, 3.63) is 10.7 Å². The fourth-order valence-corrected chi connectivity index (χ4v) is 2.78. The van der Waals surface area contributed by atoms with Crippen molar-refractivity contribution in [1.82, 2.24) is 10.2 Å². The van der Waals surface area contributed by atoms with Gasteiger partial charge in [-0.2, -0.15) is 0 Å². The molecule has 2 aliphatic rings. The highest BCUT2D eigenvalue weighted by atomic mass is 79.9. The lowest BCUT2D eigenvalue weighted by molar-refractivity contribution is 0.451. The molecule has 2 unspecified atom stereocenters. The van der Waals surface area contributed by atoms with Gasteiger partial charge in [-0.25, -0.2) is 0 Å². The topological polar surface area (TPSA) is 38.9 Å². The maximum Gasteiger partial charge on any atom is 0.284 e. The molecule has 2 fully saturated rings. The van der Waals surface area contributed by atoms with Gasteiger partial charge < -0.3 is 4.42 Å². The minimum atomic E-state index is 0.516. The van der Waals surface area contributed by atoms with Crippen molar-refractivity contribution in [2.24, 2.45) is 11.8 Å². The Morgan fingerprint density at radius 1 is 1.25 bits per heavy atom. The number of aromatic nitrogens is 2. The van der Waals surface area contributed by atoms with E-state index in [1.165, 1.54) is 19.3 Å². The molecule has 3 rings (SSSR count). The molecule has 0 spiro atoms. The molecular formula is C8H9BrN2O. The molecule has 12 heavy (non-hydrogen) atoms. The quantitative estimate of drug-likeness (QED) is 0.741. The van der Waals surface area contributed by atoms with Gasteiger partial charge in [0.1, 0.15) is 0 Å². The van der Waals surface area contributed by atoms with Gasteiger partial charge in [-0.15, -0.1) is 10.2 Å². The highest BCUT2D eigenvalue weighted by Gasteiger charge is 2.56. The van der Waals surface area contributed by atoms with E-state index in [1.54, 1.807) is 0 Å². The second kappa shape index (κ2) is 2.31. The first-order chi connectivity index (χ1) is 5.86. The lowest BCUT2D eigenvalue weighted by Crippen LogP contribution is -1.87. The second-order valence-corrected chi connectivity index (χ2v) is 4.36. The smallest absolute Gasteiger partial charge is 0.284 e. The summed E-state index contributed by atoms with van der Waals surface area (Å²) < 4.78 is 5.34. The van der Waals surface area contributed by atoms with Crippen LogP contribution in [0.2, 0.25) is 0 Å². The van der Waals surface area contributed by atoms with Crippen molar-refractivity contribution < 1.29 is 4.42 Å². The Hall–Kier alpha value is -0.380. The van der Waals surface area contributed by atoms with Crippen LogP contribution in [0.15, 0.2) is 9.22 Å². The predicted octanol–water partition coefficient (Wildman–Crippen LogP) is 2.35. The van der Waals surface area contributed by atoms with E-state index < -0.39 is 0 Å². The van der Waals surface area contributed by atoms with E-state index in [0.29, 0.717) is 10.7 Å². The van der Waals surface area contributed by atoms with Crippen LogP contribution in [0.4, 0.5) is 0 Å².